The van der Waals surface area contributed by atoms with Crippen LogP contribution >= 0.6 is 0 Å². The lowest BCUT2D eigenvalue weighted by Crippen LogP contribution is -2.44. The summed E-state index contributed by atoms with van der Waals surface area (Å²) < 4.78 is 0. The number of hydrogen-bond donors (Lipinski definition) is 0. The first-order chi connectivity index (χ1) is 11.4. The van der Waals surface area contributed by atoms with Gasteiger partial charge < -0.3 is 4.90 Å². The van der Waals surface area contributed by atoms with E-state index in [1.165, 1.54) is 4.90 Å². The van der Waals surface area contributed by atoms with Crippen molar-refractivity contribution in [2.75, 3.05) is 7.05 Å². The monoisotopic (exact) mass is 326 g/mol. The molecule has 0 saturated carbocycles. The molecule has 2 aliphatic rings. The van der Waals surface area contributed by atoms with E-state index in [4.69, 9.17) is 0 Å². The summed E-state index contributed by atoms with van der Waals surface area (Å²) in [5, 5.41) is 0. The van der Waals surface area contributed by atoms with Crippen LogP contribution in [-0.2, 0) is 4.79 Å². The number of carbonyl (C=O) groups is 2. The maximum absolute atomic E-state index is 13.4. The Bertz CT molecular complexity index is 655. The second kappa shape index (κ2) is 6.42. The molecule has 1 fully saturated rings. The summed E-state index contributed by atoms with van der Waals surface area (Å²) in [5.74, 6) is 0.243. The van der Waals surface area contributed by atoms with Crippen LogP contribution in [0.3, 0.4) is 0 Å². The van der Waals surface area contributed by atoms with Gasteiger partial charge in [0.2, 0.25) is 5.91 Å². The molecule has 0 N–H and O–H groups in total. The molecule has 4 nitrogen and oxygen atoms in total. The van der Waals surface area contributed by atoms with E-state index in [0.717, 1.165) is 12.0 Å². The number of nitrogens with zero attached hydrogens (tertiary/aromatic N) is 2. The highest BCUT2D eigenvalue weighted by Gasteiger charge is 2.48. The molecular weight excluding hydrogens is 300 g/mol. The van der Waals surface area contributed by atoms with Gasteiger partial charge in [-0.05, 0) is 30.7 Å². The van der Waals surface area contributed by atoms with Gasteiger partial charge in [-0.2, -0.15) is 0 Å². The lowest BCUT2D eigenvalue weighted by molar-refractivity contribution is -0.136. The Morgan fingerprint density at radius 3 is 2.42 bits per heavy atom. The summed E-state index contributed by atoms with van der Waals surface area (Å²) in [5.41, 5.74) is 1.02. The molecular formula is C20H26N2O2. The highest BCUT2D eigenvalue weighted by Crippen LogP contribution is 2.39. The van der Waals surface area contributed by atoms with E-state index in [-0.39, 0.29) is 41.8 Å². The zero-order chi connectivity index (χ0) is 17.4. The van der Waals surface area contributed by atoms with Crippen molar-refractivity contribution >= 4 is 11.9 Å². The number of allylic oxidation sites excluding steroid dienone is 2. The topological polar surface area (TPSA) is 40.6 Å². The Morgan fingerprint density at radius 1 is 1.12 bits per heavy atom. The average molecular weight is 326 g/mol. The molecule has 3 rings (SSSR count). The van der Waals surface area contributed by atoms with E-state index in [0.29, 0.717) is 0 Å². The largest absolute Gasteiger partial charge is 0.327 e. The summed E-state index contributed by atoms with van der Waals surface area (Å²) in [4.78, 5) is 29.4. The summed E-state index contributed by atoms with van der Waals surface area (Å²) in [6.07, 6.45) is 5.15. The number of rotatable bonds is 2. The molecule has 1 saturated heterocycles. The molecule has 1 aliphatic carbocycles. The van der Waals surface area contributed by atoms with Crippen LogP contribution in [-0.4, -0.2) is 34.8 Å². The number of urea groups is 1. The van der Waals surface area contributed by atoms with Gasteiger partial charge in [0.25, 0.3) is 0 Å². The normalized spacial score (nSPS) is 33.2. The minimum Gasteiger partial charge on any atom is -0.322 e. The van der Waals surface area contributed by atoms with Gasteiger partial charge in [0.15, 0.2) is 0 Å². The standard InChI is InChI=1S/C20H26N2O2/c1-13-9-8-10-14(2)17(13)19(23)22-18(15(3)21(4)20(22)24)16-11-6-5-7-12-16/h5-9,11-15,17-18H,10H2,1-4H3/t13-,14+,15-,17+,18-/m0/s1. The SMILES string of the molecule is C[C@@H]1CC=C[C@H](C)[C@H]1C(=O)N1C(=O)N(C)[C@@H](C)[C@H]1c1ccccc1. The lowest BCUT2D eigenvalue weighted by atomic mass is 9.76. The predicted molar refractivity (Wildman–Crippen MR) is 94.2 cm³/mol. The van der Waals surface area contributed by atoms with Crippen LogP contribution in [0.2, 0.25) is 0 Å². The number of hydrogen-bond acceptors (Lipinski definition) is 2. The third kappa shape index (κ3) is 2.64. The number of likely N-dealkylation sites (N-methyl/N-ethyl adjacent to an activating group) is 1. The smallest absolute Gasteiger partial charge is 0.322 e. The van der Waals surface area contributed by atoms with Crippen molar-refractivity contribution in [3.8, 4) is 0 Å². The van der Waals surface area contributed by atoms with Crippen LogP contribution in [0, 0.1) is 17.8 Å². The van der Waals surface area contributed by atoms with Crippen molar-refractivity contribution in [1.82, 2.24) is 9.80 Å². The summed E-state index contributed by atoms with van der Waals surface area (Å²) in [7, 11) is 1.78. The predicted octanol–water partition coefficient (Wildman–Crippen LogP) is 3.86. The molecule has 3 amide bonds. The molecule has 24 heavy (non-hydrogen) atoms. The Morgan fingerprint density at radius 2 is 1.79 bits per heavy atom. The second-order valence-corrected chi connectivity index (χ2v) is 7.22. The maximum atomic E-state index is 13.4. The quantitative estimate of drug-likeness (QED) is 0.774. The molecule has 1 aromatic rings. The minimum absolute atomic E-state index is 0.0330. The Kier molecular flexibility index (Phi) is 4.48. The third-order valence-corrected chi connectivity index (χ3v) is 5.64. The Balaban J connectivity index is 1.98. The third-order valence-electron chi connectivity index (χ3n) is 5.64. The van der Waals surface area contributed by atoms with Crippen LogP contribution in [0.4, 0.5) is 4.79 Å². The number of amides is 3. The van der Waals surface area contributed by atoms with Crippen molar-refractivity contribution in [3.63, 3.8) is 0 Å². The fourth-order valence-electron chi connectivity index (χ4n) is 4.12. The molecule has 1 aromatic carbocycles. The molecule has 1 aliphatic heterocycles. The van der Waals surface area contributed by atoms with Gasteiger partial charge in [-0.15, -0.1) is 0 Å². The molecule has 128 valence electrons. The van der Waals surface area contributed by atoms with Crippen LogP contribution < -0.4 is 0 Å². The van der Waals surface area contributed by atoms with Crippen molar-refractivity contribution in [3.05, 3.63) is 48.0 Å². The first-order valence-electron chi connectivity index (χ1n) is 8.75. The number of carbonyl (C=O) groups excluding carboxylic acids is 2. The van der Waals surface area contributed by atoms with Crippen molar-refractivity contribution < 1.29 is 9.59 Å². The van der Waals surface area contributed by atoms with E-state index >= 15 is 0 Å². The molecule has 0 bridgehead atoms. The highest BCUT2D eigenvalue weighted by molar-refractivity contribution is 5.98. The van der Waals surface area contributed by atoms with Gasteiger partial charge in [0.1, 0.15) is 0 Å². The van der Waals surface area contributed by atoms with Gasteiger partial charge in [-0.1, -0.05) is 56.3 Å². The van der Waals surface area contributed by atoms with Crippen molar-refractivity contribution in [2.45, 2.75) is 39.3 Å². The summed E-state index contributed by atoms with van der Waals surface area (Å²) >= 11 is 0. The minimum atomic E-state index is -0.221. The number of benzene rings is 1. The Labute approximate surface area is 144 Å². The molecule has 5 atom stereocenters. The van der Waals surface area contributed by atoms with Gasteiger partial charge in [0, 0.05) is 13.0 Å². The second-order valence-electron chi connectivity index (χ2n) is 7.22. The Hall–Kier alpha value is -2.10. The van der Waals surface area contributed by atoms with E-state index in [9.17, 15) is 9.59 Å². The van der Waals surface area contributed by atoms with Crippen LogP contribution in [0.1, 0.15) is 38.8 Å². The van der Waals surface area contributed by atoms with Crippen LogP contribution in [0.15, 0.2) is 42.5 Å². The zero-order valence-electron chi connectivity index (χ0n) is 14.8. The van der Waals surface area contributed by atoms with E-state index in [1.807, 2.05) is 37.3 Å². The van der Waals surface area contributed by atoms with Crippen molar-refractivity contribution in [1.29, 1.82) is 0 Å². The van der Waals surface area contributed by atoms with Crippen LogP contribution in [0.25, 0.3) is 0 Å². The van der Waals surface area contributed by atoms with Gasteiger partial charge in [-0.3, -0.25) is 9.69 Å². The van der Waals surface area contributed by atoms with E-state index < -0.39 is 0 Å². The molecule has 0 aromatic heterocycles. The van der Waals surface area contributed by atoms with Crippen LogP contribution in [0.5, 0.6) is 0 Å². The fourth-order valence-corrected chi connectivity index (χ4v) is 4.12. The fraction of sp³-hybridized carbons (Fsp3) is 0.500. The molecule has 4 heteroatoms. The van der Waals surface area contributed by atoms with Crippen molar-refractivity contribution in [2.24, 2.45) is 17.8 Å². The van der Waals surface area contributed by atoms with Gasteiger partial charge in [0.05, 0.1) is 12.1 Å². The highest BCUT2D eigenvalue weighted by atomic mass is 16.2. The van der Waals surface area contributed by atoms with Gasteiger partial charge in [-0.25, -0.2) is 4.79 Å². The zero-order valence-corrected chi connectivity index (χ0v) is 14.8. The molecule has 0 spiro atoms. The maximum Gasteiger partial charge on any atom is 0.327 e. The molecule has 0 unspecified atom stereocenters. The molecule has 1 heterocycles. The first-order valence-corrected chi connectivity index (χ1v) is 8.75. The van der Waals surface area contributed by atoms with E-state index in [2.05, 4.69) is 26.0 Å². The van der Waals surface area contributed by atoms with E-state index in [1.54, 1.807) is 11.9 Å². The molecule has 0 radical (unpaired) electrons. The summed E-state index contributed by atoms with van der Waals surface area (Å²) in [6, 6.07) is 9.44. The number of imide groups is 1. The van der Waals surface area contributed by atoms with Gasteiger partial charge >= 0.3 is 6.03 Å². The average Bonchev–Trinajstić information content (AvgIpc) is 2.79. The summed E-state index contributed by atoms with van der Waals surface area (Å²) in [6.45, 7) is 6.18. The first kappa shape index (κ1) is 16.7. The lowest BCUT2D eigenvalue weighted by Gasteiger charge is -2.34.